The van der Waals surface area contributed by atoms with Crippen molar-refractivity contribution in [2.45, 2.75) is 39.8 Å². The molecule has 4 rings (SSSR count). The van der Waals surface area contributed by atoms with E-state index in [4.69, 9.17) is 9.47 Å². The van der Waals surface area contributed by atoms with Gasteiger partial charge in [-0.25, -0.2) is 4.98 Å². The number of ether oxygens (including phenoxy) is 2. The number of hydrogen-bond acceptors (Lipinski definition) is 6. The van der Waals surface area contributed by atoms with Crippen LogP contribution in [-0.2, 0) is 17.9 Å². The first kappa shape index (κ1) is 24.5. The molecule has 0 saturated heterocycles. The molecule has 0 aliphatic carbocycles. The minimum Gasteiger partial charge on any atom is -0.494 e. The minimum atomic E-state index is -0.204. The zero-order chi connectivity index (χ0) is 24.6. The summed E-state index contributed by atoms with van der Waals surface area (Å²) in [7, 11) is 0. The van der Waals surface area contributed by atoms with E-state index in [0.717, 1.165) is 45.2 Å². The van der Waals surface area contributed by atoms with Crippen LogP contribution in [0.2, 0.25) is 0 Å². The molecule has 8 heteroatoms. The summed E-state index contributed by atoms with van der Waals surface area (Å²) in [6.07, 6.45) is 3.03. The van der Waals surface area contributed by atoms with E-state index < -0.39 is 0 Å². The molecular formula is C27H29N3O4S. The van der Waals surface area contributed by atoms with Crippen LogP contribution >= 0.6 is 11.3 Å². The number of fused-ring (bicyclic) bond motifs is 1. The van der Waals surface area contributed by atoms with Crippen LogP contribution in [0.15, 0.2) is 65.7 Å². The number of hydrogen-bond donors (Lipinski definition) is 1. The highest BCUT2D eigenvalue weighted by Crippen LogP contribution is 2.25. The number of unbranched alkanes of at least 4 members (excludes halogenated alkanes) is 1. The van der Waals surface area contributed by atoms with Crippen molar-refractivity contribution >= 4 is 27.5 Å². The Kier molecular flexibility index (Phi) is 8.15. The van der Waals surface area contributed by atoms with Crippen LogP contribution in [-0.4, -0.2) is 28.6 Å². The number of carbonyl (C=O) groups is 1. The predicted octanol–water partition coefficient (Wildman–Crippen LogP) is 4.63. The van der Waals surface area contributed by atoms with Gasteiger partial charge in [-0.3, -0.25) is 14.2 Å². The molecule has 0 aliphatic heterocycles. The standard InChI is InChI=1S/C27H29N3O4S/c1-19-20(2)35-26-25(19)27(32)30(18-29-26)16-24(31)28-14-6-7-15-33-22-10-12-23(13-11-22)34-17-21-8-4-3-5-9-21/h3-5,8-13,18H,6-7,14-17H2,1-2H3,(H,28,31). The molecule has 0 fully saturated rings. The molecular weight excluding hydrogens is 462 g/mol. The number of amides is 1. The number of benzene rings is 2. The molecule has 35 heavy (non-hydrogen) atoms. The van der Waals surface area contributed by atoms with Gasteiger partial charge in [0.2, 0.25) is 5.91 Å². The summed E-state index contributed by atoms with van der Waals surface area (Å²) in [5.41, 5.74) is 1.89. The van der Waals surface area contributed by atoms with Crippen LogP contribution in [0.1, 0.15) is 28.8 Å². The van der Waals surface area contributed by atoms with Gasteiger partial charge in [0.25, 0.3) is 5.56 Å². The van der Waals surface area contributed by atoms with Crippen molar-refractivity contribution in [2.75, 3.05) is 13.2 Å². The number of nitrogens with zero attached hydrogens (tertiary/aromatic N) is 2. The molecule has 0 bridgehead atoms. The molecule has 0 radical (unpaired) electrons. The first-order chi connectivity index (χ1) is 17.0. The summed E-state index contributed by atoms with van der Waals surface area (Å²) in [5, 5.41) is 3.47. The number of carbonyl (C=O) groups excluding carboxylic acids is 1. The third-order valence-corrected chi connectivity index (χ3v) is 6.82. The monoisotopic (exact) mass is 491 g/mol. The van der Waals surface area contributed by atoms with E-state index in [1.807, 2.05) is 68.4 Å². The average Bonchev–Trinajstić information content (AvgIpc) is 3.17. The van der Waals surface area contributed by atoms with Gasteiger partial charge in [-0.1, -0.05) is 30.3 Å². The number of aryl methyl sites for hydroxylation is 2. The lowest BCUT2D eigenvalue weighted by molar-refractivity contribution is -0.121. The maximum atomic E-state index is 12.7. The van der Waals surface area contributed by atoms with Crippen molar-refractivity contribution in [1.82, 2.24) is 14.9 Å². The number of thiophene rings is 1. The van der Waals surface area contributed by atoms with E-state index in [1.54, 1.807) is 0 Å². The Morgan fingerprint density at radius 1 is 1.00 bits per heavy atom. The second-order valence-electron chi connectivity index (χ2n) is 8.29. The SMILES string of the molecule is Cc1sc2ncn(CC(=O)NCCCCOc3ccc(OCc4ccccc4)cc3)c(=O)c2c1C. The molecule has 0 saturated carbocycles. The predicted molar refractivity (Wildman–Crippen MR) is 138 cm³/mol. The van der Waals surface area contributed by atoms with Crippen LogP contribution in [0, 0.1) is 13.8 Å². The van der Waals surface area contributed by atoms with Crippen LogP contribution in [0.5, 0.6) is 11.5 Å². The molecule has 0 unspecified atom stereocenters. The van der Waals surface area contributed by atoms with E-state index in [9.17, 15) is 9.59 Å². The van der Waals surface area contributed by atoms with E-state index in [0.29, 0.717) is 25.1 Å². The van der Waals surface area contributed by atoms with Gasteiger partial charge in [-0.2, -0.15) is 0 Å². The van der Waals surface area contributed by atoms with Crippen molar-refractivity contribution in [3.8, 4) is 11.5 Å². The van der Waals surface area contributed by atoms with Crippen LogP contribution in [0.4, 0.5) is 0 Å². The fourth-order valence-electron chi connectivity index (χ4n) is 3.61. The van der Waals surface area contributed by atoms with Gasteiger partial charge < -0.3 is 14.8 Å². The molecule has 0 atom stereocenters. The minimum absolute atomic E-state index is 0.0364. The Morgan fingerprint density at radius 2 is 1.71 bits per heavy atom. The van der Waals surface area contributed by atoms with Crippen molar-refractivity contribution in [3.05, 3.63) is 87.3 Å². The maximum Gasteiger partial charge on any atom is 0.262 e. The third kappa shape index (κ3) is 6.48. The van der Waals surface area contributed by atoms with Gasteiger partial charge in [-0.05, 0) is 62.1 Å². The normalized spacial score (nSPS) is 10.9. The van der Waals surface area contributed by atoms with Crippen LogP contribution in [0.25, 0.3) is 10.2 Å². The van der Waals surface area contributed by atoms with E-state index in [-0.39, 0.29) is 18.0 Å². The maximum absolute atomic E-state index is 12.7. The molecule has 4 aromatic rings. The third-order valence-electron chi connectivity index (χ3n) is 5.70. The first-order valence-corrected chi connectivity index (χ1v) is 12.4. The van der Waals surface area contributed by atoms with Crippen molar-refractivity contribution in [2.24, 2.45) is 0 Å². The number of nitrogens with one attached hydrogen (secondary N) is 1. The fourth-order valence-corrected chi connectivity index (χ4v) is 4.60. The lowest BCUT2D eigenvalue weighted by atomic mass is 10.2. The Hall–Kier alpha value is -3.65. The molecule has 2 aromatic carbocycles. The summed E-state index contributed by atoms with van der Waals surface area (Å²) in [4.78, 5) is 31.1. The highest BCUT2D eigenvalue weighted by Gasteiger charge is 2.13. The summed E-state index contributed by atoms with van der Waals surface area (Å²) in [6, 6.07) is 17.6. The summed E-state index contributed by atoms with van der Waals surface area (Å²) < 4.78 is 12.9. The van der Waals surface area contributed by atoms with Crippen molar-refractivity contribution in [3.63, 3.8) is 0 Å². The molecule has 0 spiro atoms. The van der Waals surface area contributed by atoms with Crippen molar-refractivity contribution < 1.29 is 14.3 Å². The zero-order valence-corrected chi connectivity index (χ0v) is 20.8. The van der Waals surface area contributed by atoms with Gasteiger partial charge in [0.15, 0.2) is 0 Å². The molecule has 7 nitrogen and oxygen atoms in total. The Balaban J connectivity index is 1.13. The largest absolute Gasteiger partial charge is 0.494 e. The lowest BCUT2D eigenvalue weighted by Gasteiger charge is -2.10. The first-order valence-electron chi connectivity index (χ1n) is 11.6. The van der Waals surface area contributed by atoms with E-state index in [1.165, 1.54) is 22.2 Å². The highest BCUT2D eigenvalue weighted by atomic mass is 32.1. The molecule has 1 N–H and O–H groups in total. The van der Waals surface area contributed by atoms with Gasteiger partial charge in [0.05, 0.1) is 18.3 Å². The number of aromatic nitrogens is 2. The Labute approximate surface area is 208 Å². The molecule has 1 amide bonds. The number of rotatable bonds is 11. The van der Waals surface area contributed by atoms with E-state index >= 15 is 0 Å². The second-order valence-corrected chi connectivity index (χ2v) is 9.50. The summed E-state index contributed by atoms with van der Waals surface area (Å²) in [6.45, 7) is 5.45. The average molecular weight is 492 g/mol. The highest BCUT2D eigenvalue weighted by molar-refractivity contribution is 7.18. The van der Waals surface area contributed by atoms with E-state index in [2.05, 4.69) is 10.3 Å². The second kappa shape index (κ2) is 11.7. The fraction of sp³-hybridized carbons (Fsp3) is 0.296. The van der Waals surface area contributed by atoms with Gasteiger partial charge >= 0.3 is 0 Å². The Bertz CT molecular complexity index is 1330. The molecule has 2 aromatic heterocycles. The summed E-state index contributed by atoms with van der Waals surface area (Å²) >= 11 is 1.50. The van der Waals surface area contributed by atoms with Gasteiger partial charge in [0, 0.05) is 11.4 Å². The van der Waals surface area contributed by atoms with Gasteiger partial charge in [0.1, 0.15) is 29.5 Å². The lowest BCUT2D eigenvalue weighted by Crippen LogP contribution is -2.33. The molecule has 2 heterocycles. The molecule has 182 valence electrons. The van der Waals surface area contributed by atoms with Crippen LogP contribution < -0.4 is 20.3 Å². The Morgan fingerprint density at radius 3 is 2.46 bits per heavy atom. The van der Waals surface area contributed by atoms with Crippen LogP contribution in [0.3, 0.4) is 0 Å². The van der Waals surface area contributed by atoms with Gasteiger partial charge in [-0.15, -0.1) is 11.3 Å². The zero-order valence-electron chi connectivity index (χ0n) is 20.0. The van der Waals surface area contributed by atoms with Crippen molar-refractivity contribution in [1.29, 1.82) is 0 Å². The topological polar surface area (TPSA) is 82.5 Å². The summed E-state index contributed by atoms with van der Waals surface area (Å²) in [5.74, 6) is 1.37. The quantitative estimate of drug-likeness (QED) is 0.309. The smallest absolute Gasteiger partial charge is 0.262 e. The molecule has 0 aliphatic rings.